The molecule has 0 rings (SSSR count). The molecule has 0 aliphatic rings. The highest BCUT2D eigenvalue weighted by atomic mass is 19.4. The maximum atomic E-state index is 10.7. The standard InChI is InChI=1S/C2H2F4O.C2H2F4.CH2F2.CH3FO/c3-2(4,5)1-7-6;3-1-2(4,5)6;2*2-1-3/h1H2;1H2;1H2;3H,1H2. The third-order valence-electron chi connectivity index (χ3n) is 0.370. The monoisotopic (exact) mass is 322 g/mol. The van der Waals surface area contributed by atoms with Crippen LogP contribution in [0.25, 0.3) is 0 Å². The number of rotatable bonds is 1. The van der Waals surface area contributed by atoms with Gasteiger partial charge >= 0.3 is 12.4 Å². The first-order valence-corrected chi connectivity index (χ1v) is 3.67. The fourth-order valence-corrected chi connectivity index (χ4v) is 0.0619. The number of halogens is 11. The van der Waals surface area contributed by atoms with Crippen molar-refractivity contribution >= 4 is 0 Å². The summed E-state index contributed by atoms with van der Waals surface area (Å²) >= 11 is 0. The lowest BCUT2D eigenvalue weighted by molar-refractivity contribution is -0.245. The third kappa shape index (κ3) is 104. The van der Waals surface area contributed by atoms with Gasteiger partial charge in [-0.3, -0.25) is 0 Å². The van der Waals surface area contributed by atoms with Gasteiger partial charge in [0.25, 0.3) is 0 Å². The van der Waals surface area contributed by atoms with Gasteiger partial charge in [-0.1, -0.05) is 0 Å². The Balaban J connectivity index is -0.0000000851. The van der Waals surface area contributed by atoms with Gasteiger partial charge in [0, 0.05) is 0 Å². The predicted octanol–water partition coefficient (Wildman–Crippen LogP) is 3.76. The molecule has 0 aromatic heterocycles. The van der Waals surface area contributed by atoms with E-state index in [4.69, 9.17) is 5.11 Å². The molecule has 0 aromatic carbocycles. The highest BCUT2D eigenvalue weighted by Gasteiger charge is 2.28. The van der Waals surface area contributed by atoms with Crippen LogP contribution in [0.15, 0.2) is 0 Å². The van der Waals surface area contributed by atoms with E-state index in [0.29, 0.717) is 0 Å². The summed E-state index contributed by atoms with van der Waals surface area (Å²) in [4.78, 5) is 2.28. The van der Waals surface area contributed by atoms with Gasteiger partial charge in [0.2, 0.25) is 6.93 Å². The molecule has 0 heterocycles. The molecule has 13 heteroatoms. The van der Waals surface area contributed by atoms with Gasteiger partial charge in [-0.15, -0.1) is 0 Å². The van der Waals surface area contributed by atoms with E-state index < -0.39 is 39.4 Å². The summed E-state index contributed by atoms with van der Waals surface area (Å²) in [6, 6.07) is 0. The van der Waals surface area contributed by atoms with Gasteiger partial charge in [-0.25, -0.2) is 17.6 Å². The fourth-order valence-electron chi connectivity index (χ4n) is 0.0619. The van der Waals surface area contributed by atoms with Crippen LogP contribution >= 0.6 is 0 Å². The number of hydrogen-bond donors (Lipinski definition) is 1. The molecule has 19 heavy (non-hydrogen) atoms. The Morgan fingerprint density at radius 3 is 1.00 bits per heavy atom. The van der Waals surface area contributed by atoms with Crippen molar-refractivity contribution in [3.8, 4) is 0 Å². The van der Waals surface area contributed by atoms with Crippen molar-refractivity contribution in [1.29, 1.82) is 0 Å². The molecule has 0 aliphatic heterocycles. The second kappa shape index (κ2) is 17.2. The first-order valence-electron chi connectivity index (χ1n) is 3.67. The molecule has 0 radical (unpaired) electrons. The van der Waals surface area contributed by atoms with Crippen LogP contribution in [0, 0.1) is 0 Å². The Morgan fingerprint density at radius 1 is 0.789 bits per heavy atom. The van der Waals surface area contributed by atoms with E-state index in [1.54, 1.807) is 0 Å². The minimum atomic E-state index is -4.62. The molecular formula is C6H9F11O2. The van der Waals surface area contributed by atoms with Crippen molar-refractivity contribution in [1.82, 2.24) is 0 Å². The number of aliphatic hydroxyl groups excluding tert-OH is 1. The predicted molar refractivity (Wildman–Crippen MR) is 40.4 cm³/mol. The van der Waals surface area contributed by atoms with Crippen molar-refractivity contribution in [3.05, 3.63) is 0 Å². The van der Waals surface area contributed by atoms with Crippen molar-refractivity contribution in [2.75, 3.05) is 27.1 Å². The maximum Gasteiger partial charge on any atom is 0.416 e. The number of hydrogen-bond acceptors (Lipinski definition) is 2. The number of alkyl halides is 10. The zero-order valence-electron chi connectivity index (χ0n) is 8.84. The van der Waals surface area contributed by atoms with Gasteiger partial charge in [-0.2, -0.15) is 31.3 Å². The van der Waals surface area contributed by atoms with E-state index >= 15 is 0 Å². The van der Waals surface area contributed by atoms with Crippen molar-refractivity contribution in [2.45, 2.75) is 12.4 Å². The van der Waals surface area contributed by atoms with Crippen LogP contribution in [0.5, 0.6) is 0 Å². The average molecular weight is 322 g/mol. The Kier molecular flexibility index (Phi) is 24.1. The summed E-state index contributed by atoms with van der Waals surface area (Å²) in [6.07, 6.45) is -9.17. The molecule has 2 nitrogen and oxygen atoms in total. The van der Waals surface area contributed by atoms with Crippen LogP contribution in [0.2, 0.25) is 0 Å². The molecule has 0 spiro atoms. The number of aliphatic hydroxyl groups is 1. The van der Waals surface area contributed by atoms with Crippen LogP contribution < -0.4 is 0 Å². The smallest absolute Gasteiger partial charge is 0.366 e. The van der Waals surface area contributed by atoms with Gasteiger partial charge < -0.3 is 5.11 Å². The van der Waals surface area contributed by atoms with E-state index in [9.17, 15) is 48.4 Å². The minimum absolute atomic E-state index is 1.25. The third-order valence-corrected chi connectivity index (χ3v) is 0.370. The van der Waals surface area contributed by atoms with Gasteiger partial charge in [0.05, 0.1) is 0 Å². The Hall–Kier alpha value is -0.850. The molecule has 0 saturated carbocycles. The van der Waals surface area contributed by atoms with Gasteiger partial charge in [0.15, 0.2) is 20.1 Å². The molecule has 0 fully saturated rings. The zero-order chi connectivity index (χ0) is 16.5. The second-order valence-corrected chi connectivity index (χ2v) is 1.84. The Bertz CT molecular complexity index is 143. The normalized spacial score (nSPS) is 10.1. The first-order chi connectivity index (χ1) is 8.45. The van der Waals surface area contributed by atoms with Crippen molar-refractivity contribution in [3.63, 3.8) is 0 Å². The summed E-state index contributed by atoms with van der Waals surface area (Å²) in [5, 5.41) is 6.90. The van der Waals surface area contributed by atoms with Gasteiger partial charge in [-0.05, 0) is 4.53 Å². The van der Waals surface area contributed by atoms with E-state index in [1.807, 2.05) is 0 Å². The lowest BCUT2D eigenvalue weighted by atomic mass is 10.7. The maximum absolute atomic E-state index is 10.7. The van der Waals surface area contributed by atoms with Crippen LogP contribution in [-0.4, -0.2) is 44.5 Å². The molecule has 0 amide bonds. The average Bonchev–Trinajstić information content (AvgIpc) is 2.18. The summed E-state index contributed by atoms with van der Waals surface area (Å²) in [7, 11) is 0. The van der Waals surface area contributed by atoms with Crippen molar-refractivity contribution in [2.24, 2.45) is 0 Å². The lowest BCUT2D eigenvalue weighted by Crippen LogP contribution is -2.13. The SMILES string of the molecule is FCC(F)(F)F.FCF.FOCC(F)(F)F.OCF. The lowest BCUT2D eigenvalue weighted by Gasteiger charge is -1.97. The quantitative estimate of drug-likeness (QED) is 0.745. The van der Waals surface area contributed by atoms with Crippen LogP contribution in [0.4, 0.5) is 48.4 Å². The highest BCUT2D eigenvalue weighted by molar-refractivity contribution is 4.41. The molecule has 1 N–H and O–H groups in total. The van der Waals surface area contributed by atoms with Crippen LogP contribution in [-0.2, 0) is 4.94 Å². The largest absolute Gasteiger partial charge is 0.416 e. The van der Waals surface area contributed by atoms with E-state index in [2.05, 4.69) is 4.94 Å². The van der Waals surface area contributed by atoms with E-state index in [-0.39, 0.29) is 0 Å². The molecule has 0 saturated heterocycles. The molecule has 0 aliphatic carbocycles. The molecule has 0 atom stereocenters. The van der Waals surface area contributed by atoms with Gasteiger partial charge in [0.1, 0.15) is 0 Å². The van der Waals surface area contributed by atoms with E-state index in [0.717, 1.165) is 0 Å². The molecule has 0 aromatic rings. The molecule has 0 bridgehead atoms. The topological polar surface area (TPSA) is 29.5 Å². The zero-order valence-corrected chi connectivity index (χ0v) is 8.84. The molecule has 122 valence electrons. The summed E-state index contributed by atoms with van der Waals surface area (Å²) in [5.74, 6) is 0. The Morgan fingerprint density at radius 2 is 1.00 bits per heavy atom. The minimum Gasteiger partial charge on any atom is -0.366 e. The first kappa shape index (κ1) is 26.7. The summed E-state index contributed by atoms with van der Waals surface area (Å²) < 4.78 is 113. The molecule has 0 unspecified atom stereocenters. The summed E-state index contributed by atoms with van der Waals surface area (Å²) in [5.41, 5.74) is 0. The second-order valence-electron chi connectivity index (χ2n) is 1.84. The van der Waals surface area contributed by atoms with Crippen LogP contribution in [0.1, 0.15) is 0 Å². The fraction of sp³-hybridized carbons (Fsp3) is 1.00. The Labute approximate surface area is 99.2 Å². The summed E-state index contributed by atoms with van der Waals surface area (Å²) in [6.45, 7) is -7.06. The van der Waals surface area contributed by atoms with E-state index in [1.165, 1.54) is 0 Å². The van der Waals surface area contributed by atoms with Crippen LogP contribution in [0.3, 0.4) is 0 Å². The highest BCUT2D eigenvalue weighted by Crippen LogP contribution is 2.14. The molecular weight excluding hydrogens is 313 g/mol. The van der Waals surface area contributed by atoms with Crippen molar-refractivity contribution < 1.29 is 58.5 Å².